The predicted octanol–water partition coefficient (Wildman–Crippen LogP) is 4.62. The number of nitrogens with zero attached hydrogens (tertiary/aromatic N) is 1. The number of hydrogen-bond donors (Lipinski definition) is 1. The monoisotopic (exact) mass is 396 g/mol. The van der Waals surface area contributed by atoms with E-state index in [4.69, 9.17) is 21.6 Å². The largest absolute Gasteiger partial charge is 0.452 e. The fraction of sp³-hybridized carbons (Fsp3) is 0.0500. The van der Waals surface area contributed by atoms with Crippen LogP contribution in [0.1, 0.15) is 10.4 Å². The van der Waals surface area contributed by atoms with Gasteiger partial charge in [-0.3, -0.25) is 4.79 Å². The number of thiophene rings is 1. The van der Waals surface area contributed by atoms with Crippen LogP contribution < -0.4 is 5.32 Å². The summed E-state index contributed by atoms with van der Waals surface area (Å²) in [4.78, 5) is 24.4. The highest BCUT2D eigenvalue weighted by atomic mass is 35.5. The molecule has 0 saturated carbocycles. The molecule has 3 aromatic rings. The van der Waals surface area contributed by atoms with Crippen LogP contribution in [0.5, 0.6) is 0 Å². The first kappa shape index (κ1) is 18.6. The Morgan fingerprint density at radius 1 is 1.22 bits per heavy atom. The second-order valence-electron chi connectivity index (χ2n) is 5.46. The Hall–Kier alpha value is -3.14. The van der Waals surface area contributed by atoms with Crippen molar-refractivity contribution in [3.63, 3.8) is 0 Å². The minimum atomic E-state index is -0.649. The van der Waals surface area contributed by atoms with E-state index in [0.717, 1.165) is 15.0 Å². The van der Waals surface area contributed by atoms with Crippen molar-refractivity contribution < 1.29 is 14.3 Å². The summed E-state index contributed by atoms with van der Waals surface area (Å²) in [7, 11) is 0. The van der Waals surface area contributed by atoms with Crippen LogP contribution in [0.3, 0.4) is 0 Å². The van der Waals surface area contributed by atoms with Crippen LogP contribution in [0.15, 0.2) is 54.6 Å². The van der Waals surface area contributed by atoms with Crippen LogP contribution in [0.25, 0.3) is 16.2 Å². The molecular formula is C20H13ClN2O3S. The fourth-order valence-corrected chi connectivity index (χ4v) is 3.73. The van der Waals surface area contributed by atoms with E-state index in [0.29, 0.717) is 16.3 Å². The van der Waals surface area contributed by atoms with Crippen molar-refractivity contribution in [2.45, 2.75) is 0 Å². The number of carbonyl (C=O) groups excluding carboxylic acids is 2. The normalized spacial score (nSPS) is 10.7. The Morgan fingerprint density at radius 2 is 2.04 bits per heavy atom. The number of nitriles is 1. The van der Waals surface area contributed by atoms with Crippen molar-refractivity contribution in [2.24, 2.45) is 0 Å². The maximum absolute atomic E-state index is 11.8. The maximum Gasteiger partial charge on any atom is 0.331 e. The number of carbonyl (C=O) groups is 2. The van der Waals surface area contributed by atoms with Crippen LogP contribution in [-0.4, -0.2) is 18.5 Å². The van der Waals surface area contributed by atoms with Crippen LogP contribution >= 0.6 is 22.9 Å². The van der Waals surface area contributed by atoms with Gasteiger partial charge in [0.05, 0.1) is 16.7 Å². The number of amides is 1. The van der Waals surface area contributed by atoms with Gasteiger partial charge >= 0.3 is 5.97 Å². The molecule has 0 atom stereocenters. The number of esters is 1. The van der Waals surface area contributed by atoms with Gasteiger partial charge in [0, 0.05) is 26.7 Å². The number of nitrogens with one attached hydrogen (secondary N) is 1. The zero-order chi connectivity index (χ0) is 19.2. The summed E-state index contributed by atoms with van der Waals surface area (Å²) in [6, 6.07) is 16.1. The molecule has 1 aromatic heterocycles. The Morgan fingerprint density at radius 3 is 2.81 bits per heavy atom. The third kappa shape index (κ3) is 4.73. The summed E-state index contributed by atoms with van der Waals surface area (Å²) in [5.74, 6) is -1.14. The van der Waals surface area contributed by atoms with E-state index in [2.05, 4.69) is 5.32 Å². The first-order valence-electron chi connectivity index (χ1n) is 7.88. The number of hydrogen-bond acceptors (Lipinski definition) is 5. The second kappa shape index (κ2) is 8.49. The summed E-state index contributed by atoms with van der Waals surface area (Å²) >= 11 is 7.77. The summed E-state index contributed by atoms with van der Waals surface area (Å²) < 4.78 is 5.95. The number of halogens is 1. The third-order valence-electron chi connectivity index (χ3n) is 3.55. The molecule has 0 saturated heterocycles. The highest BCUT2D eigenvalue weighted by molar-refractivity contribution is 7.20. The van der Waals surface area contributed by atoms with Gasteiger partial charge in [-0.25, -0.2) is 4.79 Å². The van der Waals surface area contributed by atoms with Crippen LogP contribution in [0.2, 0.25) is 5.02 Å². The van der Waals surface area contributed by atoms with E-state index >= 15 is 0 Å². The van der Waals surface area contributed by atoms with Crippen molar-refractivity contribution in [3.8, 4) is 6.07 Å². The lowest BCUT2D eigenvalue weighted by molar-refractivity contribution is -0.142. The van der Waals surface area contributed by atoms with Gasteiger partial charge in [-0.15, -0.1) is 11.3 Å². The molecule has 7 heteroatoms. The fourth-order valence-electron chi connectivity index (χ4n) is 2.33. The Bertz CT molecular complexity index is 1080. The average molecular weight is 397 g/mol. The minimum absolute atomic E-state index is 0.424. The first-order valence-corrected chi connectivity index (χ1v) is 9.08. The molecule has 0 aliphatic rings. The number of benzene rings is 2. The molecule has 0 bridgehead atoms. The van der Waals surface area contributed by atoms with Crippen LogP contribution in [-0.2, 0) is 14.3 Å². The lowest BCUT2D eigenvalue weighted by Crippen LogP contribution is -2.20. The molecule has 0 spiro atoms. The van der Waals surface area contributed by atoms with E-state index in [-0.39, 0.29) is 0 Å². The Labute approximate surface area is 164 Å². The average Bonchev–Trinajstić information content (AvgIpc) is 3.01. The summed E-state index contributed by atoms with van der Waals surface area (Å²) in [6.45, 7) is -0.430. The van der Waals surface area contributed by atoms with Gasteiger partial charge in [0.25, 0.3) is 5.91 Å². The smallest absolute Gasteiger partial charge is 0.331 e. The summed E-state index contributed by atoms with van der Waals surface area (Å²) in [5, 5.41) is 12.9. The summed E-state index contributed by atoms with van der Waals surface area (Å²) in [5.41, 5.74) is 0.885. The van der Waals surface area contributed by atoms with E-state index in [9.17, 15) is 9.59 Å². The number of ether oxygens (including phenoxy) is 1. The Balaban J connectivity index is 1.55. The molecule has 2 aromatic carbocycles. The molecule has 1 amide bonds. The molecule has 3 rings (SSSR count). The second-order valence-corrected chi connectivity index (χ2v) is 6.92. The van der Waals surface area contributed by atoms with E-state index in [1.54, 1.807) is 24.3 Å². The molecule has 27 heavy (non-hydrogen) atoms. The summed E-state index contributed by atoms with van der Waals surface area (Å²) in [6.07, 6.45) is 2.81. The van der Waals surface area contributed by atoms with Crippen LogP contribution in [0, 0.1) is 11.3 Å². The van der Waals surface area contributed by atoms with Gasteiger partial charge in [-0.1, -0.05) is 35.9 Å². The zero-order valence-corrected chi connectivity index (χ0v) is 15.5. The van der Waals surface area contributed by atoms with E-state index < -0.39 is 18.5 Å². The lowest BCUT2D eigenvalue weighted by Gasteiger charge is -2.05. The number of rotatable bonds is 5. The molecule has 1 N–H and O–H groups in total. The topological polar surface area (TPSA) is 79.2 Å². The Kier molecular flexibility index (Phi) is 5.87. The number of anilines is 1. The SMILES string of the molecule is N#Cc1cccc(NC(=O)COC(=O)/C=C/c2sc3ccccc3c2Cl)c1. The number of fused-ring (bicyclic) bond motifs is 1. The highest BCUT2D eigenvalue weighted by Gasteiger charge is 2.09. The molecule has 0 aliphatic heterocycles. The zero-order valence-electron chi connectivity index (χ0n) is 13.9. The standard InChI is InChI=1S/C20H13ClN2O3S/c21-20-15-6-1-2-7-16(15)27-17(20)8-9-19(25)26-12-18(24)23-14-5-3-4-13(10-14)11-22/h1-10H,12H2,(H,23,24)/b9-8+. The quantitative estimate of drug-likeness (QED) is 0.504. The van der Waals surface area contributed by atoms with Crippen molar-refractivity contribution >= 4 is 56.7 Å². The maximum atomic E-state index is 11.8. The minimum Gasteiger partial charge on any atom is -0.452 e. The van der Waals surface area contributed by atoms with Gasteiger partial charge in [-0.2, -0.15) is 5.26 Å². The lowest BCUT2D eigenvalue weighted by atomic mass is 10.2. The van der Waals surface area contributed by atoms with Gasteiger partial charge in [0.2, 0.25) is 0 Å². The van der Waals surface area contributed by atoms with Crippen LogP contribution in [0.4, 0.5) is 5.69 Å². The molecular weight excluding hydrogens is 384 g/mol. The third-order valence-corrected chi connectivity index (χ3v) is 5.21. The van der Waals surface area contributed by atoms with E-state index in [1.807, 2.05) is 30.3 Å². The van der Waals surface area contributed by atoms with Gasteiger partial charge in [0.15, 0.2) is 6.61 Å². The van der Waals surface area contributed by atoms with Gasteiger partial charge in [-0.05, 0) is 30.3 Å². The molecule has 134 valence electrons. The predicted molar refractivity (Wildman–Crippen MR) is 107 cm³/mol. The molecule has 0 unspecified atom stereocenters. The van der Waals surface area contributed by atoms with Crippen molar-refractivity contribution in [2.75, 3.05) is 11.9 Å². The molecule has 0 aliphatic carbocycles. The van der Waals surface area contributed by atoms with E-state index in [1.165, 1.54) is 23.5 Å². The van der Waals surface area contributed by atoms with Crippen molar-refractivity contribution in [3.05, 3.63) is 70.1 Å². The van der Waals surface area contributed by atoms with Gasteiger partial charge in [0.1, 0.15) is 0 Å². The molecule has 0 radical (unpaired) electrons. The molecule has 1 heterocycles. The van der Waals surface area contributed by atoms with Gasteiger partial charge < -0.3 is 10.1 Å². The van der Waals surface area contributed by atoms with Crippen molar-refractivity contribution in [1.82, 2.24) is 0 Å². The molecule has 5 nitrogen and oxygen atoms in total. The first-order chi connectivity index (χ1) is 13.1. The highest BCUT2D eigenvalue weighted by Crippen LogP contribution is 2.35. The van der Waals surface area contributed by atoms with Crippen molar-refractivity contribution in [1.29, 1.82) is 5.26 Å². The molecule has 0 fully saturated rings.